The van der Waals surface area contributed by atoms with E-state index >= 15 is 0 Å². The van der Waals surface area contributed by atoms with Gasteiger partial charge in [-0.2, -0.15) is 0 Å². The predicted octanol–water partition coefficient (Wildman–Crippen LogP) is 3.12. The van der Waals surface area contributed by atoms with Crippen LogP contribution in [0.3, 0.4) is 0 Å². The Morgan fingerprint density at radius 1 is 1.17 bits per heavy atom. The third-order valence-electron chi connectivity index (χ3n) is 5.92. The van der Waals surface area contributed by atoms with Gasteiger partial charge in [-0.1, -0.05) is 19.1 Å². The van der Waals surface area contributed by atoms with Crippen molar-refractivity contribution in [2.45, 2.75) is 39.5 Å². The summed E-state index contributed by atoms with van der Waals surface area (Å²) in [7, 11) is 0. The zero-order valence-corrected chi connectivity index (χ0v) is 17.9. The number of rotatable bonds is 4. The highest BCUT2D eigenvalue weighted by molar-refractivity contribution is 7.15. The number of carbonyl (C=O) groups excluding carboxylic acids is 2. The molecule has 1 fully saturated rings. The fraction of sp³-hybridized carbons (Fsp3) is 0.500. The largest absolute Gasteiger partial charge is 0.345 e. The van der Waals surface area contributed by atoms with Crippen LogP contribution in [0.5, 0.6) is 0 Å². The molecule has 1 N–H and O–H groups in total. The topological polar surface area (TPSA) is 65.5 Å². The molecule has 29 heavy (non-hydrogen) atoms. The highest BCUT2D eigenvalue weighted by atomic mass is 32.1. The number of nitrogens with zero attached hydrogens (tertiary/aromatic N) is 3. The van der Waals surface area contributed by atoms with Crippen LogP contribution in [0, 0.1) is 5.92 Å². The number of fused-ring (bicyclic) bond motifs is 1. The molecule has 4 rings (SSSR count). The quantitative estimate of drug-likeness (QED) is 0.838. The molecule has 2 aromatic rings. The Kier molecular flexibility index (Phi) is 5.85. The van der Waals surface area contributed by atoms with Crippen LogP contribution in [0.4, 0.5) is 10.8 Å². The first-order chi connectivity index (χ1) is 14.0. The number of thiazole rings is 1. The molecular weight excluding hydrogens is 384 g/mol. The zero-order valence-electron chi connectivity index (χ0n) is 17.1. The van der Waals surface area contributed by atoms with Crippen LogP contribution in [-0.4, -0.2) is 47.9 Å². The van der Waals surface area contributed by atoms with E-state index in [0.717, 1.165) is 68.4 Å². The lowest BCUT2D eigenvalue weighted by molar-refractivity contribution is -0.129. The molecule has 0 bridgehead atoms. The highest BCUT2D eigenvalue weighted by Gasteiger charge is 2.29. The van der Waals surface area contributed by atoms with Gasteiger partial charge in [-0.25, -0.2) is 4.98 Å². The first-order valence-corrected chi connectivity index (χ1v) is 11.2. The summed E-state index contributed by atoms with van der Waals surface area (Å²) in [4.78, 5) is 34.5. The second kappa shape index (κ2) is 8.53. The van der Waals surface area contributed by atoms with Gasteiger partial charge in [0.25, 0.3) is 0 Å². The highest BCUT2D eigenvalue weighted by Crippen LogP contribution is 2.35. The maximum Gasteiger partial charge on any atom is 0.227 e. The van der Waals surface area contributed by atoms with E-state index < -0.39 is 0 Å². The van der Waals surface area contributed by atoms with Gasteiger partial charge in [0.05, 0.1) is 5.69 Å². The van der Waals surface area contributed by atoms with Gasteiger partial charge in [0, 0.05) is 49.6 Å². The monoisotopic (exact) mass is 412 g/mol. The molecule has 0 unspecified atom stereocenters. The molecule has 0 spiro atoms. The van der Waals surface area contributed by atoms with Gasteiger partial charge in [0.2, 0.25) is 11.8 Å². The second-order valence-electron chi connectivity index (χ2n) is 7.84. The third-order valence-corrected chi connectivity index (χ3v) is 7.11. The summed E-state index contributed by atoms with van der Waals surface area (Å²) >= 11 is 1.72. The molecule has 154 valence electrons. The van der Waals surface area contributed by atoms with E-state index in [1.54, 1.807) is 18.3 Å². The van der Waals surface area contributed by atoms with E-state index in [9.17, 15) is 9.59 Å². The van der Waals surface area contributed by atoms with E-state index in [1.165, 1.54) is 10.4 Å². The molecule has 7 heteroatoms. The van der Waals surface area contributed by atoms with E-state index in [-0.39, 0.29) is 17.7 Å². The maximum atomic E-state index is 12.8. The lowest BCUT2D eigenvalue weighted by atomic mass is 9.90. The molecule has 0 saturated carbocycles. The second-order valence-corrected chi connectivity index (χ2v) is 8.90. The van der Waals surface area contributed by atoms with Crippen LogP contribution in [0.2, 0.25) is 0 Å². The third kappa shape index (κ3) is 4.45. The first kappa shape index (κ1) is 19.9. The Bertz CT molecular complexity index is 885. The number of anilines is 2. The molecule has 0 radical (unpaired) electrons. The Labute approximate surface area is 175 Å². The molecule has 2 amide bonds. The average molecular weight is 413 g/mol. The minimum Gasteiger partial charge on any atom is -0.345 e. The van der Waals surface area contributed by atoms with Crippen LogP contribution in [0.25, 0.3) is 0 Å². The van der Waals surface area contributed by atoms with E-state index in [4.69, 9.17) is 4.98 Å². The standard InChI is InChI=1S/C22H28N4O2S/c1-3-16-4-7-18(8-5-16)23-21(28)17-6-9-19-20(14-17)29-22(24-19)26-12-10-25(11-13-26)15(2)27/h4-5,7-8,17H,3,6,9-14H2,1-2H3,(H,23,28)/t17-/m1/s1. The summed E-state index contributed by atoms with van der Waals surface area (Å²) in [6.45, 7) is 6.90. The van der Waals surface area contributed by atoms with Gasteiger partial charge in [-0.05, 0) is 43.4 Å². The van der Waals surface area contributed by atoms with Crippen LogP contribution < -0.4 is 10.2 Å². The van der Waals surface area contributed by atoms with Crippen molar-refractivity contribution in [2.75, 3.05) is 36.4 Å². The molecule has 1 atom stereocenters. The van der Waals surface area contributed by atoms with E-state index in [0.29, 0.717) is 0 Å². The number of piperazine rings is 1. The molecular formula is C22H28N4O2S. The van der Waals surface area contributed by atoms with Gasteiger partial charge < -0.3 is 15.1 Å². The summed E-state index contributed by atoms with van der Waals surface area (Å²) in [6.07, 6.45) is 3.45. The molecule has 1 saturated heterocycles. The summed E-state index contributed by atoms with van der Waals surface area (Å²) in [5, 5.41) is 4.11. The summed E-state index contributed by atoms with van der Waals surface area (Å²) < 4.78 is 0. The number of nitrogens with one attached hydrogen (secondary N) is 1. The summed E-state index contributed by atoms with van der Waals surface area (Å²) in [5.41, 5.74) is 3.29. The molecule has 2 heterocycles. The minimum atomic E-state index is -0.00351. The fourth-order valence-electron chi connectivity index (χ4n) is 4.00. The summed E-state index contributed by atoms with van der Waals surface area (Å²) in [5.74, 6) is 0.238. The van der Waals surface area contributed by atoms with Gasteiger partial charge in [0.15, 0.2) is 5.13 Å². The lowest BCUT2D eigenvalue weighted by Crippen LogP contribution is -2.48. The molecule has 1 aromatic heterocycles. The predicted molar refractivity (Wildman–Crippen MR) is 117 cm³/mol. The van der Waals surface area contributed by atoms with Crippen LogP contribution in [-0.2, 0) is 28.9 Å². The lowest BCUT2D eigenvalue weighted by Gasteiger charge is -2.33. The Morgan fingerprint density at radius 2 is 1.90 bits per heavy atom. The fourth-order valence-corrected chi connectivity index (χ4v) is 5.24. The van der Waals surface area contributed by atoms with Gasteiger partial charge in [-0.3, -0.25) is 9.59 Å². The van der Waals surface area contributed by atoms with Crippen molar-refractivity contribution < 1.29 is 9.59 Å². The van der Waals surface area contributed by atoms with Crippen LogP contribution in [0.15, 0.2) is 24.3 Å². The SMILES string of the molecule is CCc1ccc(NC(=O)[C@@H]2CCc3nc(N4CCN(C(C)=O)CC4)sc3C2)cc1. The molecule has 1 aliphatic carbocycles. The number of aryl methyl sites for hydroxylation is 2. The average Bonchev–Trinajstić information content (AvgIpc) is 3.17. The Morgan fingerprint density at radius 3 is 2.55 bits per heavy atom. The van der Waals surface area contributed by atoms with E-state index in [2.05, 4.69) is 29.3 Å². The number of benzene rings is 1. The molecule has 6 nitrogen and oxygen atoms in total. The normalized spacial score (nSPS) is 19.0. The molecule has 1 aromatic carbocycles. The van der Waals surface area contributed by atoms with Crippen molar-refractivity contribution in [1.29, 1.82) is 0 Å². The Hall–Kier alpha value is -2.41. The number of aromatic nitrogens is 1. The first-order valence-electron chi connectivity index (χ1n) is 10.4. The van der Waals surface area contributed by atoms with Gasteiger partial charge >= 0.3 is 0 Å². The van der Waals surface area contributed by atoms with Crippen LogP contribution >= 0.6 is 11.3 Å². The number of carbonyl (C=O) groups is 2. The number of hydrogen-bond acceptors (Lipinski definition) is 5. The van der Waals surface area contributed by atoms with E-state index in [1.807, 2.05) is 17.0 Å². The van der Waals surface area contributed by atoms with Crippen molar-refractivity contribution >= 4 is 34.0 Å². The zero-order chi connectivity index (χ0) is 20.4. The van der Waals surface area contributed by atoms with Crippen molar-refractivity contribution in [3.8, 4) is 0 Å². The number of amides is 2. The Balaban J connectivity index is 1.37. The summed E-state index contributed by atoms with van der Waals surface area (Å²) in [6, 6.07) is 8.10. The smallest absolute Gasteiger partial charge is 0.227 e. The minimum absolute atomic E-state index is 0.00351. The molecule has 2 aliphatic rings. The van der Waals surface area contributed by atoms with Gasteiger partial charge in [-0.15, -0.1) is 11.3 Å². The maximum absolute atomic E-state index is 12.8. The van der Waals surface area contributed by atoms with Crippen molar-refractivity contribution in [3.63, 3.8) is 0 Å². The van der Waals surface area contributed by atoms with Crippen molar-refractivity contribution in [3.05, 3.63) is 40.4 Å². The van der Waals surface area contributed by atoms with Crippen LogP contribution in [0.1, 0.15) is 36.4 Å². The number of hydrogen-bond donors (Lipinski definition) is 1. The molecule has 1 aliphatic heterocycles. The van der Waals surface area contributed by atoms with Crippen molar-refractivity contribution in [1.82, 2.24) is 9.88 Å². The van der Waals surface area contributed by atoms with Gasteiger partial charge in [0.1, 0.15) is 0 Å². The van der Waals surface area contributed by atoms with Crippen molar-refractivity contribution in [2.24, 2.45) is 5.92 Å².